The van der Waals surface area contributed by atoms with Crippen molar-refractivity contribution in [2.75, 3.05) is 19.7 Å². The molecule has 1 atom stereocenters. The second-order valence-electron chi connectivity index (χ2n) is 5.84. The molecule has 0 aliphatic rings. The fraction of sp³-hybridized carbons (Fsp3) is 1.00. The minimum Gasteiger partial charge on any atom is -0.389 e. The molecule has 18 heavy (non-hydrogen) atoms. The van der Waals surface area contributed by atoms with E-state index in [1.54, 1.807) is 0 Å². The predicted octanol–water partition coefficient (Wildman–Crippen LogP) is 2.97. The van der Waals surface area contributed by atoms with Gasteiger partial charge in [-0.3, -0.25) is 0 Å². The Hall–Kier alpha value is -0.120. The topological polar surface area (TPSA) is 41.5 Å². The second kappa shape index (κ2) is 11.9. The largest absolute Gasteiger partial charge is 0.389 e. The molecule has 0 amide bonds. The van der Waals surface area contributed by atoms with Crippen molar-refractivity contribution in [2.45, 2.75) is 72.0 Å². The van der Waals surface area contributed by atoms with Crippen LogP contribution in [0.2, 0.25) is 0 Å². The molecule has 0 radical (unpaired) electrons. The molecule has 0 saturated carbocycles. The van der Waals surface area contributed by atoms with E-state index in [0.29, 0.717) is 13.2 Å². The number of nitrogens with one attached hydrogen (secondary N) is 1. The van der Waals surface area contributed by atoms with Crippen LogP contribution in [0.4, 0.5) is 0 Å². The van der Waals surface area contributed by atoms with E-state index in [2.05, 4.69) is 19.2 Å². The lowest BCUT2D eigenvalue weighted by Crippen LogP contribution is -2.31. The normalized spacial score (nSPS) is 13.5. The monoisotopic (exact) mass is 259 g/mol. The highest BCUT2D eigenvalue weighted by Crippen LogP contribution is 2.08. The molecule has 1 unspecified atom stereocenters. The SMILES string of the molecule is CC(C)CCCCCCNCC(O)COC(C)C. The Morgan fingerprint density at radius 1 is 1.00 bits per heavy atom. The molecular formula is C15H33NO2. The summed E-state index contributed by atoms with van der Waals surface area (Å²) in [7, 11) is 0. The summed E-state index contributed by atoms with van der Waals surface area (Å²) in [6.45, 7) is 10.6. The van der Waals surface area contributed by atoms with Crippen molar-refractivity contribution >= 4 is 0 Å². The van der Waals surface area contributed by atoms with Crippen molar-refractivity contribution in [3.63, 3.8) is 0 Å². The Morgan fingerprint density at radius 3 is 2.28 bits per heavy atom. The summed E-state index contributed by atoms with van der Waals surface area (Å²) >= 11 is 0. The fourth-order valence-corrected chi connectivity index (χ4v) is 1.79. The van der Waals surface area contributed by atoms with E-state index >= 15 is 0 Å². The van der Waals surface area contributed by atoms with Gasteiger partial charge in [-0.05, 0) is 32.7 Å². The van der Waals surface area contributed by atoms with Gasteiger partial charge in [-0.1, -0.05) is 39.5 Å². The number of hydrogen-bond acceptors (Lipinski definition) is 3. The number of aliphatic hydroxyl groups is 1. The number of ether oxygens (including phenoxy) is 1. The summed E-state index contributed by atoms with van der Waals surface area (Å²) in [5, 5.41) is 12.9. The second-order valence-corrected chi connectivity index (χ2v) is 5.84. The maximum Gasteiger partial charge on any atom is 0.0897 e. The van der Waals surface area contributed by atoms with Crippen molar-refractivity contribution in [3.05, 3.63) is 0 Å². The third-order valence-electron chi connectivity index (χ3n) is 2.89. The van der Waals surface area contributed by atoms with Crippen LogP contribution in [-0.4, -0.2) is 37.0 Å². The van der Waals surface area contributed by atoms with Gasteiger partial charge in [0.2, 0.25) is 0 Å². The molecule has 0 saturated heterocycles. The molecule has 0 aromatic heterocycles. The molecule has 0 aliphatic heterocycles. The molecule has 0 bridgehead atoms. The van der Waals surface area contributed by atoms with Gasteiger partial charge in [0, 0.05) is 6.54 Å². The lowest BCUT2D eigenvalue weighted by molar-refractivity contribution is 0.00646. The summed E-state index contributed by atoms with van der Waals surface area (Å²) in [4.78, 5) is 0. The molecule has 0 heterocycles. The molecule has 3 nitrogen and oxygen atoms in total. The third kappa shape index (κ3) is 13.9. The van der Waals surface area contributed by atoms with Crippen LogP contribution in [0.25, 0.3) is 0 Å². The summed E-state index contributed by atoms with van der Waals surface area (Å²) in [5.41, 5.74) is 0. The van der Waals surface area contributed by atoms with Gasteiger partial charge in [0.25, 0.3) is 0 Å². The smallest absolute Gasteiger partial charge is 0.0897 e. The Kier molecular flexibility index (Phi) is 11.9. The van der Waals surface area contributed by atoms with Crippen molar-refractivity contribution in [2.24, 2.45) is 5.92 Å². The van der Waals surface area contributed by atoms with Crippen molar-refractivity contribution < 1.29 is 9.84 Å². The first kappa shape index (κ1) is 17.9. The van der Waals surface area contributed by atoms with E-state index in [1.165, 1.54) is 32.1 Å². The lowest BCUT2D eigenvalue weighted by Gasteiger charge is -2.14. The average Bonchev–Trinajstić information content (AvgIpc) is 2.29. The number of aliphatic hydroxyl groups excluding tert-OH is 1. The molecule has 0 aromatic carbocycles. The number of rotatable bonds is 12. The third-order valence-corrected chi connectivity index (χ3v) is 2.89. The Labute approximate surface area is 113 Å². The minimum absolute atomic E-state index is 0.195. The Morgan fingerprint density at radius 2 is 1.67 bits per heavy atom. The van der Waals surface area contributed by atoms with Gasteiger partial charge < -0.3 is 15.2 Å². The summed E-state index contributed by atoms with van der Waals surface area (Å²) in [6, 6.07) is 0. The van der Waals surface area contributed by atoms with Gasteiger partial charge in [-0.25, -0.2) is 0 Å². The van der Waals surface area contributed by atoms with Crippen molar-refractivity contribution in [1.29, 1.82) is 0 Å². The first-order chi connectivity index (χ1) is 8.52. The summed E-state index contributed by atoms with van der Waals surface area (Å²) < 4.78 is 5.35. The van der Waals surface area contributed by atoms with Crippen LogP contribution in [0.1, 0.15) is 59.8 Å². The molecule has 0 rings (SSSR count). The van der Waals surface area contributed by atoms with Crippen molar-refractivity contribution in [3.8, 4) is 0 Å². The first-order valence-electron chi connectivity index (χ1n) is 7.52. The zero-order chi connectivity index (χ0) is 13.8. The molecule has 0 fully saturated rings. The molecule has 2 N–H and O–H groups in total. The highest BCUT2D eigenvalue weighted by molar-refractivity contribution is 4.59. The van der Waals surface area contributed by atoms with Crippen LogP contribution in [0.15, 0.2) is 0 Å². The molecule has 3 heteroatoms. The van der Waals surface area contributed by atoms with Crippen LogP contribution in [0, 0.1) is 5.92 Å². The molecular weight excluding hydrogens is 226 g/mol. The highest BCUT2D eigenvalue weighted by Gasteiger charge is 2.04. The zero-order valence-electron chi connectivity index (χ0n) is 12.7. The van der Waals surface area contributed by atoms with Crippen molar-refractivity contribution in [1.82, 2.24) is 5.32 Å². The Balaban J connectivity index is 3.15. The molecule has 0 aromatic rings. The molecule has 0 spiro atoms. The first-order valence-corrected chi connectivity index (χ1v) is 7.52. The van der Waals surface area contributed by atoms with Crippen LogP contribution in [0.3, 0.4) is 0 Å². The lowest BCUT2D eigenvalue weighted by atomic mass is 10.0. The van der Waals surface area contributed by atoms with Gasteiger partial charge in [0.1, 0.15) is 0 Å². The number of unbranched alkanes of at least 4 members (excludes halogenated alkanes) is 3. The van der Waals surface area contributed by atoms with E-state index in [1.807, 2.05) is 13.8 Å². The quantitative estimate of drug-likeness (QED) is 0.529. The van der Waals surface area contributed by atoms with Gasteiger partial charge in [0.05, 0.1) is 18.8 Å². The van der Waals surface area contributed by atoms with Gasteiger partial charge in [-0.15, -0.1) is 0 Å². The summed E-state index contributed by atoms with van der Waals surface area (Å²) in [6.07, 6.45) is 6.34. The van der Waals surface area contributed by atoms with Gasteiger partial charge in [-0.2, -0.15) is 0 Å². The number of hydrogen-bond donors (Lipinski definition) is 2. The van der Waals surface area contributed by atoms with E-state index < -0.39 is 0 Å². The van der Waals surface area contributed by atoms with Gasteiger partial charge in [0.15, 0.2) is 0 Å². The van der Waals surface area contributed by atoms with E-state index in [0.717, 1.165) is 12.5 Å². The van der Waals surface area contributed by atoms with Gasteiger partial charge >= 0.3 is 0 Å². The standard InChI is InChI=1S/C15H33NO2/c1-13(2)9-7-5-6-8-10-16-11-15(17)12-18-14(3)4/h13-17H,5-12H2,1-4H3. The highest BCUT2D eigenvalue weighted by atomic mass is 16.5. The summed E-state index contributed by atoms with van der Waals surface area (Å²) in [5.74, 6) is 0.833. The Bertz CT molecular complexity index is 172. The molecule has 110 valence electrons. The minimum atomic E-state index is -0.381. The van der Waals surface area contributed by atoms with Crippen LogP contribution in [-0.2, 0) is 4.74 Å². The van der Waals surface area contributed by atoms with E-state index in [9.17, 15) is 5.11 Å². The fourth-order valence-electron chi connectivity index (χ4n) is 1.79. The van der Waals surface area contributed by atoms with Crippen LogP contribution < -0.4 is 5.32 Å². The zero-order valence-corrected chi connectivity index (χ0v) is 12.7. The maximum atomic E-state index is 9.61. The van der Waals surface area contributed by atoms with E-state index in [4.69, 9.17) is 4.74 Å². The maximum absolute atomic E-state index is 9.61. The van der Waals surface area contributed by atoms with E-state index in [-0.39, 0.29) is 12.2 Å². The van der Waals surface area contributed by atoms with Crippen LogP contribution >= 0.6 is 0 Å². The predicted molar refractivity (Wildman–Crippen MR) is 77.9 cm³/mol. The van der Waals surface area contributed by atoms with Crippen LogP contribution in [0.5, 0.6) is 0 Å². The average molecular weight is 259 g/mol. The molecule has 0 aliphatic carbocycles.